The van der Waals surface area contributed by atoms with Gasteiger partial charge in [0.15, 0.2) is 0 Å². The van der Waals surface area contributed by atoms with Gasteiger partial charge in [0.05, 0.1) is 12.2 Å². The number of carbonyl (C=O) groups is 3. The van der Waals surface area contributed by atoms with E-state index in [0.717, 1.165) is 18.4 Å². The molecule has 0 aromatic heterocycles. The number of carboxylic acid groups (broad SMARTS) is 1. The summed E-state index contributed by atoms with van der Waals surface area (Å²) in [5.41, 5.74) is 0.390. The van der Waals surface area contributed by atoms with Crippen LogP contribution in [0, 0.1) is 39.9 Å². The Morgan fingerprint density at radius 1 is 0.976 bits per heavy atom. The van der Waals surface area contributed by atoms with Crippen LogP contribution in [-0.2, 0) is 23.9 Å². The van der Waals surface area contributed by atoms with E-state index in [2.05, 4.69) is 20.8 Å². The molecule has 0 heterocycles. The third-order valence-corrected chi connectivity index (χ3v) is 11.9. The predicted molar refractivity (Wildman–Crippen MR) is 153 cm³/mol. The maximum Gasteiger partial charge on any atom is 0.331 e. The summed E-state index contributed by atoms with van der Waals surface area (Å²) in [6.45, 7) is 15.1. The summed E-state index contributed by atoms with van der Waals surface area (Å²) < 4.78 is 12.0. The molecule has 0 radical (unpaired) electrons. The van der Waals surface area contributed by atoms with Crippen LogP contribution in [-0.4, -0.2) is 57.6 Å². The minimum Gasteiger partial charge on any atom is -0.478 e. The summed E-state index contributed by atoms with van der Waals surface area (Å²) in [5, 5.41) is 33.3. The normalized spacial score (nSPS) is 44.5. The van der Waals surface area contributed by atoms with Crippen LogP contribution in [0.4, 0.5) is 0 Å². The Balaban J connectivity index is 1.92. The number of allylic oxidation sites excluding steroid dienone is 2. The summed E-state index contributed by atoms with van der Waals surface area (Å²) in [6, 6.07) is 0. The first-order valence-corrected chi connectivity index (χ1v) is 15.3. The van der Waals surface area contributed by atoms with E-state index in [9.17, 15) is 29.7 Å². The Kier molecular flexibility index (Phi) is 8.63. The van der Waals surface area contributed by atoms with Crippen LogP contribution in [0.5, 0.6) is 0 Å². The zero-order valence-corrected chi connectivity index (χ0v) is 26.0. The molecular formula is C33H50O8. The summed E-state index contributed by atoms with van der Waals surface area (Å²) in [5.74, 6) is -2.55. The lowest BCUT2D eigenvalue weighted by molar-refractivity contribution is -0.288. The second-order valence-electron chi connectivity index (χ2n) is 14.3. The third-order valence-electron chi connectivity index (χ3n) is 11.9. The largest absolute Gasteiger partial charge is 0.478 e. The third kappa shape index (κ3) is 4.97. The maximum absolute atomic E-state index is 12.8. The van der Waals surface area contributed by atoms with Crippen molar-refractivity contribution in [2.24, 2.45) is 39.9 Å². The molecule has 0 unspecified atom stereocenters. The Morgan fingerprint density at radius 3 is 2.17 bits per heavy atom. The smallest absolute Gasteiger partial charge is 0.331 e. The molecule has 4 rings (SSSR count). The molecule has 11 atom stereocenters. The van der Waals surface area contributed by atoms with E-state index in [1.165, 1.54) is 13.8 Å². The van der Waals surface area contributed by atoms with Gasteiger partial charge >= 0.3 is 17.9 Å². The van der Waals surface area contributed by atoms with Crippen LogP contribution < -0.4 is 0 Å². The summed E-state index contributed by atoms with van der Waals surface area (Å²) in [7, 11) is 0. The fraction of sp³-hybridized carbons (Fsp3) is 0.788. The minimum atomic E-state index is -1.00. The molecule has 4 aliphatic carbocycles. The first-order chi connectivity index (χ1) is 19.0. The Hall–Kier alpha value is -2.19. The molecule has 4 fully saturated rings. The molecule has 8 heteroatoms. The molecule has 3 N–H and O–H groups in total. The van der Waals surface area contributed by atoms with Gasteiger partial charge in [0.2, 0.25) is 0 Å². The van der Waals surface area contributed by atoms with Gasteiger partial charge in [-0.25, -0.2) is 4.79 Å². The number of aliphatic hydroxyl groups is 2. The first-order valence-electron chi connectivity index (χ1n) is 15.3. The van der Waals surface area contributed by atoms with E-state index in [4.69, 9.17) is 9.47 Å². The topological polar surface area (TPSA) is 130 Å². The number of esters is 2. The number of carbonyl (C=O) groups excluding carboxylic acids is 2. The molecule has 0 spiro atoms. The van der Waals surface area contributed by atoms with Crippen molar-refractivity contribution < 1.29 is 39.2 Å². The van der Waals surface area contributed by atoms with Crippen molar-refractivity contribution in [2.75, 3.05) is 0 Å². The highest BCUT2D eigenvalue weighted by molar-refractivity contribution is 5.88. The minimum absolute atomic E-state index is 0.0419. The SMILES string of the molecule is CC(=O)O[C@H]1C[C@@]2(C)[C@@H](CC[C@H]3[C@@]4(C)CC[C@@H](O)[C@@H](C)[C@@H]4[C@@H](O)[C@H](OC(C)=O)[C@@]32C)C1=C(CCC=C(C)C)C(=O)O. The van der Waals surface area contributed by atoms with Gasteiger partial charge in [-0.1, -0.05) is 39.3 Å². The van der Waals surface area contributed by atoms with Crippen molar-refractivity contribution in [1.29, 1.82) is 0 Å². The number of aliphatic hydroxyl groups excluding tert-OH is 2. The lowest BCUT2D eigenvalue weighted by Gasteiger charge is -2.70. The standard InChI is InChI=1S/C33H50O8/c1-17(2)10-9-11-21(30(38)39)26-22-12-13-25-31(6)15-14-23(36)18(3)27(31)28(37)29(41-20(5)35)33(25,8)32(22,7)16-24(26)40-19(4)34/h10,18,22-25,27-29,36-37H,9,11-16H2,1-8H3,(H,38,39)/t18-,22+,23-,24+,25+,27-,28-,29+,31-,32+,33-/m1/s1. The van der Waals surface area contributed by atoms with Crippen molar-refractivity contribution >= 4 is 17.9 Å². The van der Waals surface area contributed by atoms with Crippen molar-refractivity contribution in [2.45, 2.75) is 125 Å². The average Bonchev–Trinajstić information content (AvgIpc) is 3.13. The fourth-order valence-corrected chi connectivity index (χ4v) is 10.2. The first kappa shape index (κ1) is 31.7. The number of aliphatic carboxylic acids is 1. The van der Waals surface area contributed by atoms with Crippen molar-refractivity contribution in [3.63, 3.8) is 0 Å². The number of fused-ring (bicyclic) bond motifs is 5. The molecule has 0 saturated heterocycles. The molecule has 0 aromatic carbocycles. The van der Waals surface area contributed by atoms with Gasteiger partial charge in [0.25, 0.3) is 0 Å². The van der Waals surface area contributed by atoms with E-state index < -0.39 is 53.2 Å². The van der Waals surface area contributed by atoms with E-state index in [-0.39, 0.29) is 29.1 Å². The molecule has 8 nitrogen and oxygen atoms in total. The van der Waals surface area contributed by atoms with Crippen LogP contribution in [0.25, 0.3) is 0 Å². The molecule has 41 heavy (non-hydrogen) atoms. The molecule has 0 aliphatic heterocycles. The van der Waals surface area contributed by atoms with E-state index in [1.54, 1.807) is 0 Å². The van der Waals surface area contributed by atoms with Gasteiger partial charge < -0.3 is 24.8 Å². The Bertz CT molecular complexity index is 1140. The lowest BCUT2D eigenvalue weighted by Crippen LogP contribution is -2.72. The highest BCUT2D eigenvalue weighted by Gasteiger charge is 2.74. The van der Waals surface area contributed by atoms with E-state index >= 15 is 0 Å². The maximum atomic E-state index is 12.8. The summed E-state index contributed by atoms with van der Waals surface area (Å²) in [6.07, 6.45) is 3.07. The van der Waals surface area contributed by atoms with E-state index in [1.807, 2.05) is 26.8 Å². The second-order valence-corrected chi connectivity index (χ2v) is 14.3. The zero-order chi connectivity index (χ0) is 30.7. The van der Waals surface area contributed by atoms with Crippen LogP contribution in [0.2, 0.25) is 0 Å². The number of ether oxygens (including phenoxy) is 2. The van der Waals surface area contributed by atoms with Gasteiger partial charge in [-0.15, -0.1) is 0 Å². The molecule has 230 valence electrons. The van der Waals surface area contributed by atoms with Gasteiger partial charge in [-0.2, -0.15) is 0 Å². The van der Waals surface area contributed by atoms with Crippen LogP contribution >= 0.6 is 0 Å². The van der Waals surface area contributed by atoms with Gasteiger partial charge in [-0.3, -0.25) is 9.59 Å². The van der Waals surface area contributed by atoms with Crippen molar-refractivity contribution in [3.8, 4) is 0 Å². The van der Waals surface area contributed by atoms with Crippen molar-refractivity contribution in [1.82, 2.24) is 0 Å². The highest BCUT2D eigenvalue weighted by Crippen LogP contribution is 2.75. The molecule has 0 bridgehead atoms. The van der Waals surface area contributed by atoms with Crippen LogP contribution in [0.15, 0.2) is 22.8 Å². The van der Waals surface area contributed by atoms with Crippen LogP contribution in [0.1, 0.15) is 100 Å². The van der Waals surface area contributed by atoms with Crippen LogP contribution in [0.3, 0.4) is 0 Å². The molecule has 0 amide bonds. The number of hydrogen-bond donors (Lipinski definition) is 3. The lowest BCUT2D eigenvalue weighted by atomic mass is 9.35. The summed E-state index contributed by atoms with van der Waals surface area (Å²) >= 11 is 0. The monoisotopic (exact) mass is 574 g/mol. The van der Waals surface area contributed by atoms with Gasteiger partial charge in [0.1, 0.15) is 12.2 Å². The number of rotatable bonds is 6. The van der Waals surface area contributed by atoms with Crippen molar-refractivity contribution in [3.05, 3.63) is 22.8 Å². The van der Waals surface area contributed by atoms with Gasteiger partial charge in [-0.05, 0) is 98.9 Å². The Morgan fingerprint density at radius 2 is 1.61 bits per heavy atom. The summed E-state index contributed by atoms with van der Waals surface area (Å²) in [4.78, 5) is 37.7. The zero-order valence-electron chi connectivity index (χ0n) is 26.0. The predicted octanol–water partition coefficient (Wildman–Crippen LogP) is 5.21. The Labute approximate surface area is 244 Å². The quantitative estimate of drug-likeness (QED) is 0.224. The van der Waals surface area contributed by atoms with Gasteiger partial charge in [0, 0.05) is 24.8 Å². The molecule has 0 aromatic rings. The molecule has 4 aliphatic rings. The highest BCUT2D eigenvalue weighted by atomic mass is 16.6. The second kappa shape index (κ2) is 11.1. The molecular weight excluding hydrogens is 524 g/mol. The number of hydrogen-bond acceptors (Lipinski definition) is 7. The fourth-order valence-electron chi connectivity index (χ4n) is 10.2. The molecule has 4 saturated carbocycles. The number of carboxylic acids is 1. The van der Waals surface area contributed by atoms with E-state index in [0.29, 0.717) is 43.3 Å². The average molecular weight is 575 g/mol.